The van der Waals surface area contributed by atoms with Gasteiger partial charge in [-0.2, -0.15) is 0 Å². The minimum atomic E-state index is -1.45. The maximum atomic E-state index is 12.7. The molecule has 0 spiro atoms. The summed E-state index contributed by atoms with van der Waals surface area (Å²) < 4.78 is 28.9. The van der Waals surface area contributed by atoms with Gasteiger partial charge < -0.3 is 24.2 Å². The van der Waals surface area contributed by atoms with E-state index in [-0.39, 0.29) is 10.9 Å². The lowest BCUT2D eigenvalue weighted by Crippen LogP contribution is -2.04. The lowest BCUT2D eigenvalue weighted by Gasteiger charge is -2.11. The van der Waals surface area contributed by atoms with Crippen molar-refractivity contribution in [1.29, 1.82) is 0 Å². The van der Waals surface area contributed by atoms with Crippen molar-refractivity contribution in [2.45, 2.75) is 17.3 Å². The predicted octanol–water partition coefficient (Wildman–Crippen LogP) is 1.85. The molecule has 0 aliphatic carbocycles. The Morgan fingerprint density at radius 1 is 1.32 bits per heavy atom. The average molecular weight is 358 g/mol. The van der Waals surface area contributed by atoms with Gasteiger partial charge in [0.05, 0.1) is 43.1 Å². The molecule has 7 nitrogen and oxygen atoms in total. The maximum Gasteiger partial charge on any atom is 0.183 e. The number of hydrogen-bond acceptors (Lipinski definition) is 6. The van der Waals surface area contributed by atoms with Crippen molar-refractivity contribution in [3.05, 3.63) is 35.7 Å². The van der Waals surface area contributed by atoms with Crippen LogP contribution in [0.2, 0.25) is 0 Å². The van der Waals surface area contributed by atoms with Gasteiger partial charge >= 0.3 is 0 Å². The molecule has 1 aliphatic heterocycles. The molecular formula is C17H16N3O4S-. The summed E-state index contributed by atoms with van der Waals surface area (Å²) in [6.07, 6.45) is 2.46. The van der Waals surface area contributed by atoms with Crippen LogP contribution in [0.5, 0.6) is 17.2 Å². The zero-order valence-corrected chi connectivity index (χ0v) is 14.6. The minimum absolute atomic E-state index is 0.146. The van der Waals surface area contributed by atoms with E-state index in [1.54, 1.807) is 19.4 Å². The van der Waals surface area contributed by atoms with Crippen molar-refractivity contribution in [1.82, 2.24) is 15.0 Å². The minimum Gasteiger partial charge on any atom is -0.493 e. The Bertz CT molecular complexity index is 929. The normalized spacial score (nSPS) is 14.2. The van der Waals surface area contributed by atoms with E-state index in [2.05, 4.69) is 15.0 Å². The molecule has 4 rings (SSSR count). The van der Waals surface area contributed by atoms with Crippen LogP contribution in [0, 0.1) is 0 Å². The van der Waals surface area contributed by atoms with Crippen LogP contribution in [0.25, 0.3) is 11.0 Å². The molecule has 0 saturated carbocycles. The molecule has 1 unspecified atom stereocenters. The Morgan fingerprint density at radius 3 is 3.00 bits per heavy atom. The third kappa shape index (κ3) is 2.82. The zero-order valence-electron chi connectivity index (χ0n) is 13.8. The number of aromatic nitrogens is 3. The Hall–Kier alpha value is -2.61. The first-order valence-electron chi connectivity index (χ1n) is 7.74. The molecule has 130 valence electrons. The van der Waals surface area contributed by atoms with Crippen LogP contribution in [-0.2, 0) is 23.0 Å². The molecule has 0 bridgehead atoms. The Balaban J connectivity index is 1.65. The van der Waals surface area contributed by atoms with E-state index < -0.39 is 10.8 Å². The highest BCUT2D eigenvalue weighted by atomic mass is 32.2. The molecule has 2 aromatic heterocycles. The highest BCUT2D eigenvalue weighted by molar-refractivity contribution is 7.84. The number of nitrogens with zero attached hydrogens (tertiary/aromatic N) is 3. The summed E-state index contributed by atoms with van der Waals surface area (Å²) in [5, 5.41) is 0.283. The fraction of sp³-hybridized carbons (Fsp3) is 0.294. The maximum absolute atomic E-state index is 12.7. The third-order valence-electron chi connectivity index (χ3n) is 4.06. The standard InChI is InChI=1S/C17H16N3O4S/c1-22-14-3-5-18-13(16(14)23-2)9-25(21)17-19-11-7-10-4-6-24-15(10)8-12(11)20-17/h3,5,7-8H,4,6,9H2,1-2H3/q-1. The van der Waals surface area contributed by atoms with Gasteiger partial charge in [0.25, 0.3) is 0 Å². The monoisotopic (exact) mass is 358 g/mol. The van der Waals surface area contributed by atoms with Gasteiger partial charge in [-0.25, -0.2) is 0 Å². The average Bonchev–Trinajstić information content (AvgIpc) is 3.24. The summed E-state index contributed by atoms with van der Waals surface area (Å²) in [6, 6.07) is 5.51. The molecule has 0 fully saturated rings. The second-order valence-electron chi connectivity index (χ2n) is 5.54. The summed E-state index contributed by atoms with van der Waals surface area (Å²) in [5.41, 5.74) is 3.08. The second kappa shape index (κ2) is 6.36. The molecule has 8 heteroatoms. The number of hydrogen-bond donors (Lipinski definition) is 0. The van der Waals surface area contributed by atoms with Crippen LogP contribution in [0.3, 0.4) is 0 Å². The van der Waals surface area contributed by atoms with Crippen LogP contribution in [0.1, 0.15) is 11.3 Å². The predicted molar refractivity (Wildman–Crippen MR) is 91.7 cm³/mol. The van der Waals surface area contributed by atoms with Crippen LogP contribution in [0.15, 0.2) is 29.6 Å². The molecule has 0 N–H and O–H groups in total. The number of benzene rings is 1. The van der Waals surface area contributed by atoms with E-state index in [4.69, 9.17) is 14.2 Å². The van der Waals surface area contributed by atoms with Gasteiger partial charge in [0.15, 0.2) is 11.5 Å². The first-order valence-corrected chi connectivity index (χ1v) is 9.06. The van der Waals surface area contributed by atoms with Crippen molar-refractivity contribution >= 4 is 21.8 Å². The molecule has 0 amide bonds. The fourth-order valence-corrected chi connectivity index (χ4v) is 3.84. The van der Waals surface area contributed by atoms with E-state index in [0.717, 1.165) is 23.3 Å². The van der Waals surface area contributed by atoms with E-state index in [0.29, 0.717) is 29.3 Å². The number of pyridine rings is 1. The summed E-state index contributed by atoms with van der Waals surface area (Å²) in [6.45, 7) is 0.683. The van der Waals surface area contributed by atoms with E-state index in [1.165, 1.54) is 7.11 Å². The van der Waals surface area contributed by atoms with Crippen LogP contribution in [-0.4, -0.2) is 35.0 Å². The molecule has 3 aromatic rings. The molecule has 1 atom stereocenters. The highest BCUT2D eigenvalue weighted by Crippen LogP contribution is 2.32. The molecule has 1 aliphatic rings. The van der Waals surface area contributed by atoms with Crippen LogP contribution >= 0.6 is 0 Å². The van der Waals surface area contributed by atoms with E-state index in [1.807, 2.05) is 12.1 Å². The highest BCUT2D eigenvalue weighted by Gasteiger charge is 2.15. The molecular weight excluding hydrogens is 342 g/mol. The number of imidazole rings is 1. The largest absolute Gasteiger partial charge is 0.493 e. The smallest absolute Gasteiger partial charge is 0.183 e. The second-order valence-corrected chi connectivity index (χ2v) is 6.88. The number of rotatable bonds is 5. The Morgan fingerprint density at radius 2 is 2.20 bits per heavy atom. The third-order valence-corrected chi connectivity index (χ3v) is 5.18. The summed E-state index contributed by atoms with van der Waals surface area (Å²) >= 11 is 0. The Kier molecular flexibility index (Phi) is 4.04. The molecule has 0 saturated heterocycles. The van der Waals surface area contributed by atoms with Crippen molar-refractivity contribution in [3.8, 4) is 17.2 Å². The van der Waals surface area contributed by atoms with Crippen molar-refractivity contribution in [2.24, 2.45) is 0 Å². The first-order chi connectivity index (χ1) is 12.2. The lowest BCUT2D eigenvalue weighted by atomic mass is 10.1. The van der Waals surface area contributed by atoms with Crippen LogP contribution in [0.4, 0.5) is 0 Å². The molecule has 25 heavy (non-hydrogen) atoms. The fourth-order valence-electron chi connectivity index (χ4n) is 2.86. The lowest BCUT2D eigenvalue weighted by molar-refractivity contribution is 0.350. The van der Waals surface area contributed by atoms with Gasteiger partial charge in [-0.05, 0) is 22.7 Å². The van der Waals surface area contributed by atoms with Gasteiger partial charge in [0, 0.05) is 23.8 Å². The SMILES string of the molecule is COc1ccnc(CS(=O)c2nc3cc4c(cc3[n-]2)OCC4)c1OC. The molecule has 3 heterocycles. The quantitative estimate of drug-likeness (QED) is 0.688. The van der Waals surface area contributed by atoms with Gasteiger partial charge in [0.2, 0.25) is 0 Å². The van der Waals surface area contributed by atoms with Gasteiger partial charge in [-0.1, -0.05) is 6.07 Å². The van der Waals surface area contributed by atoms with Crippen molar-refractivity contribution < 1.29 is 18.4 Å². The number of ether oxygens (including phenoxy) is 3. The summed E-state index contributed by atoms with van der Waals surface area (Å²) in [5.74, 6) is 2.00. The Labute approximate surface area is 146 Å². The van der Waals surface area contributed by atoms with Gasteiger partial charge in [0.1, 0.15) is 5.75 Å². The van der Waals surface area contributed by atoms with Crippen LogP contribution < -0.4 is 19.2 Å². The topological polar surface area (TPSA) is 84.6 Å². The van der Waals surface area contributed by atoms with E-state index >= 15 is 0 Å². The van der Waals surface area contributed by atoms with Crippen molar-refractivity contribution in [2.75, 3.05) is 20.8 Å². The zero-order chi connectivity index (χ0) is 17.4. The summed E-state index contributed by atoms with van der Waals surface area (Å²) in [4.78, 5) is 13.1. The van der Waals surface area contributed by atoms with Crippen molar-refractivity contribution in [3.63, 3.8) is 0 Å². The molecule has 0 radical (unpaired) electrons. The first kappa shape index (κ1) is 15.9. The number of methoxy groups -OCH3 is 2. The summed E-state index contributed by atoms with van der Waals surface area (Å²) in [7, 11) is 1.63. The van der Waals surface area contributed by atoms with Gasteiger partial charge in [-0.3, -0.25) is 9.19 Å². The molecule has 1 aromatic carbocycles. The number of fused-ring (bicyclic) bond motifs is 2. The van der Waals surface area contributed by atoms with E-state index in [9.17, 15) is 4.21 Å². The van der Waals surface area contributed by atoms with Gasteiger partial charge in [-0.15, -0.1) is 0 Å².